The van der Waals surface area contributed by atoms with Crippen LogP contribution in [-0.4, -0.2) is 9.97 Å². The van der Waals surface area contributed by atoms with Crippen LogP contribution in [0.3, 0.4) is 0 Å². The van der Waals surface area contributed by atoms with E-state index < -0.39 is 0 Å². The molecule has 0 saturated carbocycles. The molecular formula is C18H18ClN5. The van der Waals surface area contributed by atoms with E-state index in [1.54, 1.807) is 12.1 Å². The highest BCUT2D eigenvalue weighted by Crippen LogP contribution is 2.28. The molecule has 0 saturated heterocycles. The molecule has 3 aromatic rings. The zero-order chi connectivity index (χ0) is 16.9. The van der Waals surface area contributed by atoms with E-state index in [9.17, 15) is 0 Å². The number of aromatic nitrogens is 2. The van der Waals surface area contributed by atoms with Gasteiger partial charge in [0.2, 0.25) is 0 Å². The highest BCUT2D eigenvalue weighted by Gasteiger charge is 2.09. The van der Waals surface area contributed by atoms with Gasteiger partial charge >= 0.3 is 0 Å². The minimum Gasteiger partial charge on any atom is -0.393 e. The van der Waals surface area contributed by atoms with E-state index in [1.807, 2.05) is 24.3 Å². The van der Waals surface area contributed by atoms with Crippen molar-refractivity contribution in [1.29, 1.82) is 0 Å². The van der Waals surface area contributed by atoms with Crippen LogP contribution in [0.25, 0.3) is 0 Å². The smallest absolute Gasteiger partial charge is 0.159 e. The summed E-state index contributed by atoms with van der Waals surface area (Å²) in [4.78, 5) is 8.43. The summed E-state index contributed by atoms with van der Waals surface area (Å²) < 4.78 is 0. The van der Waals surface area contributed by atoms with Crippen LogP contribution in [0.4, 0.5) is 28.7 Å². The molecule has 6 heteroatoms. The predicted octanol–water partition coefficient (Wildman–Crippen LogP) is 4.76. The van der Waals surface area contributed by atoms with Crippen LogP contribution in [0.2, 0.25) is 5.02 Å². The number of aryl methyl sites for hydroxylation is 1. The van der Waals surface area contributed by atoms with Gasteiger partial charge < -0.3 is 16.4 Å². The lowest BCUT2D eigenvalue weighted by Gasteiger charge is -2.13. The Balaban J connectivity index is 1.80. The number of anilines is 5. The quantitative estimate of drug-likeness (QED) is 0.624. The largest absolute Gasteiger partial charge is 0.393 e. The first kappa shape index (κ1) is 16.1. The lowest BCUT2D eigenvalue weighted by Crippen LogP contribution is -2.05. The van der Waals surface area contributed by atoms with Crippen LogP contribution < -0.4 is 16.4 Å². The monoisotopic (exact) mass is 339 g/mol. The van der Waals surface area contributed by atoms with Crippen molar-refractivity contribution < 1.29 is 0 Å². The number of rotatable bonds is 5. The SMILES string of the molecule is CCc1ccc(Nc2ncnc(Nc3ccc(Cl)cc3)c2N)cc1. The Bertz CT molecular complexity index is 816. The predicted molar refractivity (Wildman–Crippen MR) is 100 cm³/mol. The Labute approximate surface area is 145 Å². The minimum atomic E-state index is 0.451. The van der Waals surface area contributed by atoms with Crippen molar-refractivity contribution in [1.82, 2.24) is 9.97 Å². The molecule has 24 heavy (non-hydrogen) atoms. The van der Waals surface area contributed by atoms with Gasteiger partial charge in [0.25, 0.3) is 0 Å². The van der Waals surface area contributed by atoms with E-state index in [1.165, 1.54) is 11.9 Å². The highest BCUT2D eigenvalue weighted by atomic mass is 35.5. The number of hydrogen-bond donors (Lipinski definition) is 3. The van der Waals surface area contributed by atoms with Gasteiger partial charge in [0, 0.05) is 16.4 Å². The molecule has 0 unspecified atom stereocenters. The van der Waals surface area contributed by atoms with Gasteiger partial charge in [-0.1, -0.05) is 30.7 Å². The van der Waals surface area contributed by atoms with Crippen molar-refractivity contribution >= 4 is 40.3 Å². The van der Waals surface area contributed by atoms with Gasteiger partial charge in [-0.25, -0.2) is 9.97 Å². The molecule has 4 N–H and O–H groups in total. The Morgan fingerprint density at radius 1 is 0.875 bits per heavy atom. The maximum atomic E-state index is 6.19. The summed E-state index contributed by atoms with van der Waals surface area (Å²) in [5.41, 5.74) is 9.69. The molecule has 122 valence electrons. The van der Waals surface area contributed by atoms with E-state index in [-0.39, 0.29) is 0 Å². The summed E-state index contributed by atoms with van der Waals surface area (Å²) in [6, 6.07) is 15.5. The van der Waals surface area contributed by atoms with E-state index in [0.717, 1.165) is 17.8 Å². The van der Waals surface area contributed by atoms with E-state index in [4.69, 9.17) is 17.3 Å². The van der Waals surface area contributed by atoms with Crippen molar-refractivity contribution in [3.05, 3.63) is 65.4 Å². The summed E-state index contributed by atoms with van der Waals surface area (Å²) in [7, 11) is 0. The van der Waals surface area contributed by atoms with E-state index in [2.05, 4.69) is 39.7 Å². The van der Waals surface area contributed by atoms with Crippen molar-refractivity contribution in [2.45, 2.75) is 13.3 Å². The molecular weight excluding hydrogens is 322 g/mol. The third-order valence-electron chi connectivity index (χ3n) is 3.62. The fraction of sp³-hybridized carbons (Fsp3) is 0.111. The molecule has 0 amide bonds. The molecule has 2 aromatic carbocycles. The van der Waals surface area contributed by atoms with Crippen molar-refractivity contribution in [3.8, 4) is 0 Å². The van der Waals surface area contributed by atoms with E-state index in [0.29, 0.717) is 22.3 Å². The molecule has 3 rings (SSSR count). The number of nitrogens with zero attached hydrogens (tertiary/aromatic N) is 2. The van der Waals surface area contributed by atoms with Gasteiger partial charge in [-0.3, -0.25) is 0 Å². The third kappa shape index (κ3) is 3.75. The Morgan fingerprint density at radius 2 is 1.38 bits per heavy atom. The normalized spacial score (nSPS) is 10.4. The Kier molecular flexibility index (Phi) is 4.82. The van der Waals surface area contributed by atoms with Crippen molar-refractivity contribution in [2.75, 3.05) is 16.4 Å². The molecule has 0 aliphatic heterocycles. The van der Waals surface area contributed by atoms with Gasteiger partial charge in [-0.05, 0) is 48.4 Å². The number of nitrogens with one attached hydrogen (secondary N) is 2. The van der Waals surface area contributed by atoms with Crippen molar-refractivity contribution in [2.24, 2.45) is 0 Å². The van der Waals surface area contributed by atoms with Crippen molar-refractivity contribution in [3.63, 3.8) is 0 Å². The first-order chi connectivity index (χ1) is 11.7. The lowest BCUT2D eigenvalue weighted by atomic mass is 10.1. The maximum absolute atomic E-state index is 6.19. The molecule has 5 nitrogen and oxygen atoms in total. The summed E-state index contributed by atoms with van der Waals surface area (Å²) >= 11 is 5.89. The van der Waals surface area contributed by atoms with Crippen LogP contribution in [0.1, 0.15) is 12.5 Å². The second-order valence-electron chi connectivity index (χ2n) is 5.29. The van der Waals surface area contributed by atoms with Crippen LogP contribution in [-0.2, 0) is 6.42 Å². The first-order valence-corrected chi connectivity index (χ1v) is 8.02. The molecule has 0 radical (unpaired) electrons. The average molecular weight is 340 g/mol. The maximum Gasteiger partial charge on any atom is 0.159 e. The van der Waals surface area contributed by atoms with E-state index >= 15 is 0 Å². The Hall–Kier alpha value is -2.79. The molecule has 0 bridgehead atoms. The molecule has 0 fully saturated rings. The summed E-state index contributed by atoms with van der Waals surface area (Å²) in [6.07, 6.45) is 2.47. The third-order valence-corrected chi connectivity index (χ3v) is 3.87. The van der Waals surface area contributed by atoms with Gasteiger partial charge in [0.05, 0.1) is 0 Å². The first-order valence-electron chi connectivity index (χ1n) is 7.64. The van der Waals surface area contributed by atoms with Gasteiger partial charge in [0.1, 0.15) is 12.0 Å². The molecule has 0 aliphatic carbocycles. The zero-order valence-electron chi connectivity index (χ0n) is 13.3. The summed E-state index contributed by atoms with van der Waals surface area (Å²) in [5.74, 6) is 1.10. The molecule has 1 aromatic heterocycles. The van der Waals surface area contributed by atoms with Gasteiger partial charge in [-0.2, -0.15) is 0 Å². The molecule has 0 spiro atoms. The topological polar surface area (TPSA) is 75.9 Å². The lowest BCUT2D eigenvalue weighted by molar-refractivity contribution is 1.14. The van der Waals surface area contributed by atoms with Crippen LogP contribution in [0.15, 0.2) is 54.9 Å². The van der Waals surface area contributed by atoms with Gasteiger partial charge in [-0.15, -0.1) is 0 Å². The second kappa shape index (κ2) is 7.19. The second-order valence-corrected chi connectivity index (χ2v) is 5.73. The van der Waals surface area contributed by atoms with Crippen LogP contribution >= 0.6 is 11.6 Å². The number of nitrogen functional groups attached to an aromatic ring is 1. The standard InChI is InChI=1S/C18H18ClN5/c1-2-12-3-7-14(8-4-12)23-17-16(20)18(22-11-21-17)24-15-9-5-13(19)6-10-15/h3-11H,2,20H2,1H3,(H2,21,22,23,24). The average Bonchev–Trinajstić information content (AvgIpc) is 2.61. The highest BCUT2D eigenvalue weighted by molar-refractivity contribution is 6.30. The Morgan fingerprint density at radius 3 is 1.88 bits per heavy atom. The van der Waals surface area contributed by atoms with Gasteiger partial charge in [0.15, 0.2) is 11.6 Å². The van der Waals surface area contributed by atoms with Crippen LogP contribution in [0.5, 0.6) is 0 Å². The minimum absolute atomic E-state index is 0.451. The molecule has 0 aliphatic rings. The number of hydrogen-bond acceptors (Lipinski definition) is 5. The number of halogens is 1. The van der Waals surface area contributed by atoms with Crippen LogP contribution in [0, 0.1) is 0 Å². The molecule has 0 atom stereocenters. The number of benzene rings is 2. The number of nitrogens with two attached hydrogens (primary N) is 1. The fourth-order valence-electron chi connectivity index (χ4n) is 2.23. The summed E-state index contributed by atoms with van der Waals surface area (Å²) in [6.45, 7) is 2.12. The molecule has 1 heterocycles. The zero-order valence-corrected chi connectivity index (χ0v) is 14.0. The fourth-order valence-corrected chi connectivity index (χ4v) is 2.35. The summed E-state index contributed by atoms with van der Waals surface area (Å²) in [5, 5.41) is 7.07.